The van der Waals surface area contributed by atoms with Crippen LogP contribution in [0.2, 0.25) is 0 Å². The topological polar surface area (TPSA) is 29.5 Å². The van der Waals surface area contributed by atoms with Crippen LogP contribution in [0.25, 0.3) is 0 Å². The third-order valence-electron chi connectivity index (χ3n) is 3.88. The van der Waals surface area contributed by atoms with E-state index >= 15 is 0 Å². The maximum Gasteiger partial charge on any atom is 0.254 e. The number of amides is 1. The summed E-state index contributed by atoms with van der Waals surface area (Å²) < 4.78 is 6.10. The summed E-state index contributed by atoms with van der Waals surface area (Å²) in [6.07, 6.45) is 2.46. The molecular formula is C16H22BrNO2. The van der Waals surface area contributed by atoms with Crippen LogP contribution in [0.15, 0.2) is 22.7 Å². The summed E-state index contributed by atoms with van der Waals surface area (Å²) in [6, 6.07) is 6.15. The van der Waals surface area contributed by atoms with E-state index in [1.54, 1.807) is 7.11 Å². The van der Waals surface area contributed by atoms with Gasteiger partial charge in [0.05, 0.1) is 6.61 Å². The molecule has 0 N–H and O–H groups in total. The molecular weight excluding hydrogens is 318 g/mol. The highest BCUT2D eigenvalue weighted by atomic mass is 79.9. The second-order valence-electron chi connectivity index (χ2n) is 5.59. The predicted octanol–water partition coefficient (Wildman–Crippen LogP) is 3.64. The highest BCUT2D eigenvalue weighted by Crippen LogP contribution is 2.35. The Morgan fingerprint density at radius 1 is 1.45 bits per heavy atom. The third kappa shape index (κ3) is 3.83. The van der Waals surface area contributed by atoms with Crippen molar-refractivity contribution in [2.45, 2.75) is 32.7 Å². The average molecular weight is 340 g/mol. The number of aryl methyl sites for hydroxylation is 1. The molecule has 0 aliphatic heterocycles. The van der Waals surface area contributed by atoms with Crippen molar-refractivity contribution in [3.8, 4) is 0 Å². The van der Waals surface area contributed by atoms with Gasteiger partial charge in [0.1, 0.15) is 0 Å². The molecule has 0 radical (unpaired) electrons. The molecule has 3 nitrogen and oxygen atoms in total. The maximum atomic E-state index is 12.8. The number of halogens is 1. The number of ether oxygens (including phenoxy) is 1. The van der Waals surface area contributed by atoms with Crippen LogP contribution in [0.4, 0.5) is 0 Å². The van der Waals surface area contributed by atoms with Crippen LogP contribution in [0.3, 0.4) is 0 Å². The van der Waals surface area contributed by atoms with E-state index in [1.807, 2.05) is 30.0 Å². The van der Waals surface area contributed by atoms with Crippen LogP contribution in [-0.4, -0.2) is 37.1 Å². The van der Waals surface area contributed by atoms with Crippen LogP contribution in [0, 0.1) is 12.8 Å². The maximum absolute atomic E-state index is 12.8. The first-order chi connectivity index (χ1) is 9.52. The van der Waals surface area contributed by atoms with Gasteiger partial charge >= 0.3 is 0 Å². The lowest BCUT2D eigenvalue weighted by atomic mass is 10.1. The molecule has 1 amide bonds. The first kappa shape index (κ1) is 15.5. The molecule has 1 fully saturated rings. The van der Waals surface area contributed by atoms with Gasteiger partial charge in [-0.15, -0.1) is 0 Å². The minimum Gasteiger partial charge on any atom is -0.383 e. The monoisotopic (exact) mass is 339 g/mol. The predicted molar refractivity (Wildman–Crippen MR) is 84.0 cm³/mol. The molecule has 20 heavy (non-hydrogen) atoms. The highest BCUT2D eigenvalue weighted by Gasteiger charge is 2.34. The van der Waals surface area contributed by atoms with E-state index in [-0.39, 0.29) is 11.9 Å². The van der Waals surface area contributed by atoms with Crippen LogP contribution in [0.1, 0.15) is 35.7 Å². The van der Waals surface area contributed by atoms with Crippen LogP contribution < -0.4 is 0 Å². The van der Waals surface area contributed by atoms with Gasteiger partial charge in [-0.2, -0.15) is 0 Å². The zero-order chi connectivity index (χ0) is 14.7. The summed E-state index contributed by atoms with van der Waals surface area (Å²) in [5, 5.41) is 0. The Kier molecular flexibility index (Phi) is 5.22. The molecule has 110 valence electrons. The Balaban J connectivity index is 2.19. The van der Waals surface area contributed by atoms with E-state index in [4.69, 9.17) is 4.74 Å². The molecule has 2 rings (SSSR count). The molecule has 1 atom stereocenters. The van der Waals surface area contributed by atoms with Crippen molar-refractivity contribution in [3.63, 3.8) is 0 Å². The first-order valence-corrected chi connectivity index (χ1v) is 7.89. The third-order valence-corrected chi connectivity index (χ3v) is 4.34. The summed E-state index contributed by atoms with van der Waals surface area (Å²) in [6.45, 7) is 5.38. The molecule has 0 bridgehead atoms. The Morgan fingerprint density at radius 2 is 2.15 bits per heavy atom. The zero-order valence-corrected chi connectivity index (χ0v) is 13.9. The minimum atomic E-state index is 0.103. The van der Waals surface area contributed by atoms with Crippen molar-refractivity contribution >= 4 is 21.8 Å². The number of carbonyl (C=O) groups is 1. The molecule has 1 aliphatic carbocycles. The first-order valence-electron chi connectivity index (χ1n) is 7.10. The lowest BCUT2D eigenvalue weighted by Gasteiger charge is -2.29. The van der Waals surface area contributed by atoms with Gasteiger partial charge in [-0.05, 0) is 56.4 Å². The summed E-state index contributed by atoms with van der Waals surface area (Å²) in [7, 11) is 1.67. The molecule has 0 aromatic heterocycles. The summed E-state index contributed by atoms with van der Waals surface area (Å²) in [5.41, 5.74) is 1.84. The van der Waals surface area contributed by atoms with Crippen molar-refractivity contribution in [1.82, 2.24) is 4.90 Å². The molecule has 1 aliphatic rings. The molecule has 1 aromatic rings. The summed E-state index contributed by atoms with van der Waals surface area (Å²) in [4.78, 5) is 14.7. The largest absolute Gasteiger partial charge is 0.383 e. The Bertz CT molecular complexity index is 465. The lowest BCUT2D eigenvalue weighted by Crippen LogP contribution is -2.42. The molecule has 4 heteroatoms. The Morgan fingerprint density at radius 3 is 2.70 bits per heavy atom. The van der Waals surface area contributed by atoms with Crippen LogP contribution in [0.5, 0.6) is 0 Å². The number of methoxy groups -OCH3 is 1. The van der Waals surface area contributed by atoms with E-state index in [0.717, 1.165) is 15.6 Å². The molecule has 1 aromatic carbocycles. The second kappa shape index (κ2) is 6.72. The minimum absolute atomic E-state index is 0.103. The average Bonchev–Trinajstić information content (AvgIpc) is 3.21. The number of hydrogen-bond acceptors (Lipinski definition) is 2. The van der Waals surface area contributed by atoms with Gasteiger partial charge in [0.25, 0.3) is 5.91 Å². The fourth-order valence-corrected chi connectivity index (χ4v) is 3.15. The summed E-state index contributed by atoms with van der Waals surface area (Å²) in [5.74, 6) is 0.759. The van der Waals surface area contributed by atoms with Gasteiger partial charge in [-0.3, -0.25) is 4.79 Å². The second-order valence-corrected chi connectivity index (χ2v) is 6.50. The normalized spacial score (nSPS) is 16.0. The molecule has 0 saturated heterocycles. The van der Waals surface area contributed by atoms with Crippen molar-refractivity contribution in [1.29, 1.82) is 0 Å². The van der Waals surface area contributed by atoms with E-state index in [0.29, 0.717) is 19.1 Å². The number of carbonyl (C=O) groups excluding carboxylic acids is 1. The Hall–Kier alpha value is -0.870. The highest BCUT2D eigenvalue weighted by molar-refractivity contribution is 9.10. The van der Waals surface area contributed by atoms with Crippen molar-refractivity contribution in [2.24, 2.45) is 5.92 Å². The van der Waals surface area contributed by atoms with Crippen molar-refractivity contribution < 1.29 is 9.53 Å². The number of hydrogen-bond donors (Lipinski definition) is 0. The quantitative estimate of drug-likeness (QED) is 0.791. The van der Waals surface area contributed by atoms with Crippen LogP contribution >= 0.6 is 15.9 Å². The number of rotatable bonds is 6. The number of nitrogens with zero attached hydrogens (tertiary/aromatic N) is 1. The standard InChI is InChI=1S/C16H22BrNO2/c1-11-8-14(10-15(17)9-11)16(19)18(6-7-20-3)12(2)13-4-5-13/h8-10,12-13H,4-7H2,1-3H3. The fraction of sp³-hybridized carbons (Fsp3) is 0.562. The van der Waals surface area contributed by atoms with Gasteiger partial charge in [0, 0.05) is 29.7 Å². The Labute approximate surface area is 129 Å². The van der Waals surface area contributed by atoms with E-state index < -0.39 is 0 Å². The van der Waals surface area contributed by atoms with E-state index in [1.165, 1.54) is 12.8 Å². The molecule has 0 spiro atoms. The van der Waals surface area contributed by atoms with Crippen molar-refractivity contribution in [3.05, 3.63) is 33.8 Å². The lowest BCUT2D eigenvalue weighted by molar-refractivity contribution is 0.0594. The van der Waals surface area contributed by atoms with Gasteiger partial charge in [0.15, 0.2) is 0 Å². The number of benzene rings is 1. The summed E-state index contributed by atoms with van der Waals surface area (Å²) >= 11 is 3.47. The molecule has 1 unspecified atom stereocenters. The molecule has 1 saturated carbocycles. The smallest absolute Gasteiger partial charge is 0.254 e. The molecule has 0 heterocycles. The van der Waals surface area contributed by atoms with E-state index in [2.05, 4.69) is 22.9 Å². The van der Waals surface area contributed by atoms with Crippen molar-refractivity contribution in [2.75, 3.05) is 20.3 Å². The fourth-order valence-electron chi connectivity index (χ4n) is 2.54. The zero-order valence-electron chi connectivity index (χ0n) is 12.4. The van der Waals surface area contributed by atoms with Gasteiger partial charge in [0.2, 0.25) is 0 Å². The SMILES string of the molecule is COCCN(C(=O)c1cc(C)cc(Br)c1)C(C)C1CC1. The van der Waals surface area contributed by atoms with E-state index in [9.17, 15) is 4.79 Å². The van der Waals surface area contributed by atoms with Gasteiger partial charge in [-0.25, -0.2) is 0 Å². The van der Waals surface area contributed by atoms with Crippen LogP contribution in [-0.2, 0) is 4.74 Å². The van der Waals surface area contributed by atoms with Gasteiger partial charge in [-0.1, -0.05) is 15.9 Å². The van der Waals surface area contributed by atoms with Gasteiger partial charge < -0.3 is 9.64 Å².